The topological polar surface area (TPSA) is 103 Å². The summed E-state index contributed by atoms with van der Waals surface area (Å²) >= 11 is 0. The molecule has 1 heterocycles. The molecule has 0 aliphatic rings. The first kappa shape index (κ1) is 12.3. The Balaban J connectivity index is 2.62. The minimum absolute atomic E-state index is 0.155. The third kappa shape index (κ3) is 2.25. The molecule has 0 bridgehead atoms. The van der Waals surface area contributed by atoms with Crippen molar-refractivity contribution in [3.8, 4) is 6.07 Å². The molecule has 0 fully saturated rings. The number of anilines is 1. The van der Waals surface area contributed by atoms with Gasteiger partial charge in [0, 0.05) is 11.8 Å². The highest BCUT2D eigenvalue weighted by molar-refractivity contribution is 5.86. The minimum atomic E-state index is -1.40. The van der Waals surface area contributed by atoms with Crippen LogP contribution >= 0.6 is 0 Å². The van der Waals surface area contributed by atoms with Gasteiger partial charge in [-0.15, -0.1) is 0 Å². The van der Waals surface area contributed by atoms with Gasteiger partial charge in [-0.2, -0.15) is 5.26 Å². The molecule has 18 heavy (non-hydrogen) atoms. The summed E-state index contributed by atoms with van der Waals surface area (Å²) in [7, 11) is 0. The van der Waals surface area contributed by atoms with Gasteiger partial charge in [0.05, 0.1) is 11.1 Å². The van der Waals surface area contributed by atoms with Crippen LogP contribution in [0.3, 0.4) is 0 Å². The molecule has 2 aromatic rings. The van der Waals surface area contributed by atoms with Crippen LogP contribution in [0, 0.1) is 11.3 Å². The lowest BCUT2D eigenvalue weighted by atomic mass is 9.99. The summed E-state index contributed by atoms with van der Waals surface area (Å²) in [6, 6.07) is 9.38. The molecule has 5 heteroatoms. The van der Waals surface area contributed by atoms with Crippen LogP contribution in [0.25, 0.3) is 10.9 Å². The number of nitriles is 1. The number of hydrogen-bond donors (Lipinski definition) is 3. The Morgan fingerprint density at radius 3 is 2.72 bits per heavy atom. The highest BCUT2D eigenvalue weighted by Crippen LogP contribution is 2.25. The molecule has 0 unspecified atom stereocenters. The van der Waals surface area contributed by atoms with E-state index in [2.05, 4.69) is 4.98 Å². The Bertz CT molecular complexity index is 617. The van der Waals surface area contributed by atoms with Gasteiger partial charge in [-0.25, -0.2) is 4.98 Å². The second kappa shape index (κ2) is 5.00. The van der Waals surface area contributed by atoms with E-state index in [0.29, 0.717) is 23.1 Å². The maximum atomic E-state index is 9.13. The normalized spacial score (nSPS) is 10.8. The zero-order valence-electron chi connectivity index (χ0n) is 9.67. The Labute approximate surface area is 104 Å². The largest absolute Gasteiger partial charge is 0.383 e. The van der Waals surface area contributed by atoms with E-state index in [9.17, 15) is 0 Å². The lowest BCUT2D eigenvalue weighted by Gasteiger charge is -2.11. The summed E-state index contributed by atoms with van der Waals surface area (Å²) in [6.45, 7) is 0. The van der Waals surface area contributed by atoms with Crippen molar-refractivity contribution in [1.82, 2.24) is 4.98 Å². The van der Waals surface area contributed by atoms with Gasteiger partial charge in [-0.3, -0.25) is 0 Å². The van der Waals surface area contributed by atoms with Gasteiger partial charge in [-0.1, -0.05) is 18.2 Å². The molecule has 0 amide bonds. The molecule has 0 aliphatic heterocycles. The number of pyridine rings is 1. The van der Waals surface area contributed by atoms with Crippen molar-refractivity contribution >= 4 is 16.7 Å². The van der Waals surface area contributed by atoms with Crippen molar-refractivity contribution in [2.45, 2.75) is 19.1 Å². The van der Waals surface area contributed by atoms with Crippen LogP contribution in [0.2, 0.25) is 0 Å². The van der Waals surface area contributed by atoms with Crippen LogP contribution in [0.15, 0.2) is 24.3 Å². The summed E-state index contributed by atoms with van der Waals surface area (Å²) in [5.74, 6) is 0.179. The van der Waals surface area contributed by atoms with Crippen LogP contribution in [0.1, 0.15) is 17.5 Å². The fourth-order valence-electron chi connectivity index (χ4n) is 1.96. The van der Waals surface area contributed by atoms with Crippen molar-refractivity contribution in [2.75, 3.05) is 5.73 Å². The van der Waals surface area contributed by atoms with Gasteiger partial charge in [0.25, 0.3) is 0 Å². The second-order valence-electron chi connectivity index (χ2n) is 4.00. The highest BCUT2D eigenvalue weighted by atomic mass is 16.5. The fraction of sp³-hybridized carbons (Fsp3) is 0.231. The van der Waals surface area contributed by atoms with E-state index in [1.807, 2.05) is 30.3 Å². The number of nitrogen functional groups attached to an aromatic ring is 1. The molecule has 0 atom stereocenters. The van der Waals surface area contributed by atoms with Crippen LogP contribution in [0.5, 0.6) is 0 Å². The predicted molar refractivity (Wildman–Crippen MR) is 67.4 cm³/mol. The Hall–Kier alpha value is -2.16. The third-order valence-electron chi connectivity index (χ3n) is 2.79. The quantitative estimate of drug-likeness (QED) is 0.696. The van der Waals surface area contributed by atoms with Crippen molar-refractivity contribution in [3.63, 3.8) is 0 Å². The molecular weight excluding hydrogens is 230 g/mol. The first-order valence-corrected chi connectivity index (χ1v) is 5.57. The monoisotopic (exact) mass is 243 g/mol. The highest BCUT2D eigenvalue weighted by Gasteiger charge is 2.13. The minimum Gasteiger partial charge on any atom is -0.383 e. The summed E-state index contributed by atoms with van der Waals surface area (Å²) < 4.78 is 0. The predicted octanol–water partition coefficient (Wildman–Crippen LogP) is 0.932. The third-order valence-corrected chi connectivity index (χ3v) is 2.79. The van der Waals surface area contributed by atoms with Crippen molar-refractivity contribution in [2.24, 2.45) is 0 Å². The van der Waals surface area contributed by atoms with Crippen LogP contribution in [-0.2, 0) is 6.42 Å². The molecule has 0 spiro atoms. The summed E-state index contributed by atoms with van der Waals surface area (Å²) in [4.78, 5) is 4.16. The average molecular weight is 243 g/mol. The maximum absolute atomic E-state index is 9.13. The molecule has 1 aromatic carbocycles. The molecule has 0 saturated carbocycles. The molecule has 0 aliphatic carbocycles. The summed E-state index contributed by atoms with van der Waals surface area (Å²) in [5, 5.41) is 27.8. The fourth-order valence-corrected chi connectivity index (χ4v) is 1.96. The Morgan fingerprint density at radius 2 is 2.06 bits per heavy atom. The number of aliphatic hydroxyl groups excluding tert-OH is 1. The number of hydrogen-bond acceptors (Lipinski definition) is 5. The Kier molecular flexibility index (Phi) is 3.42. The molecule has 2 rings (SSSR count). The van der Waals surface area contributed by atoms with E-state index in [1.54, 1.807) is 0 Å². The van der Waals surface area contributed by atoms with E-state index in [0.717, 1.165) is 5.39 Å². The van der Waals surface area contributed by atoms with E-state index in [1.165, 1.54) is 0 Å². The van der Waals surface area contributed by atoms with Crippen molar-refractivity contribution < 1.29 is 10.2 Å². The zero-order valence-corrected chi connectivity index (χ0v) is 9.67. The first-order chi connectivity index (χ1) is 8.63. The van der Waals surface area contributed by atoms with E-state index in [-0.39, 0.29) is 12.2 Å². The SMILES string of the molecule is N#Cc1c(N)nc2ccccc2c1CCC(O)O. The molecule has 1 aromatic heterocycles. The molecule has 4 N–H and O–H groups in total. The first-order valence-electron chi connectivity index (χ1n) is 5.57. The number of nitrogens with zero attached hydrogens (tertiary/aromatic N) is 2. The molecule has 5 nitrogen and oxygen atoms in total. The molecular formula is C13H13N3O2. The van der Waals surface area contributed by atoms with E-state index < -0.39 is 6.29 Å². The van der Waals surface area contributed by atoms with Gasteiger partial charge < -0.3 is 15.9 Å². The molecule has 0 saturated heterocycles. The number of aryl methyl sites for hydroxylation is 1. The average Bonchev–Trinajstić information content (AvgIpc) is 2.35. The number of rotatable bonds is 3. The lowest BCUT2D eigenvalue weighted by Crippen LogP contribution is -2.08. The standard InChI is InChI=1S/C13H13N3O2/c14-7-10-8(5-6-12(17)18)9-3-1-2-4-11(9)16-13(10)15/h1-4,12,17-18H,5-6H2,(H2,15,16). The van der Waals surface area contributed by atoms with Crippen molar-refractivity contribution in [1.29, 1.82) is 5.26 Å². The summed E-state index contributed by atoms with van der Waals surface area (Å²) in [6.07, 6.45) is -0.875. The number of aromatic nitrogens is 1. The number of fused-ring (bicyclic) bond motifs is 1. The number of nitrogens with two attached hydrogens (primary N) is 1. The van der Waals surface area contributed by atoms with Crippen molar-refractivity contribution in [3.05, 3.63) is 35.4 Å². The van der Waals surface area contributed by atoms with Gasteiger partial charge in [0.2, 0.25) is 0 Å². The van der Waals surface area contributed by atoms with Gasteiger partial charge in [0.1, 0.15) is 11.9 Å². The smallest absolute Gasteiger partial charge is 0.151 e. The molecule has 92 valence electrons. The second-order valence-corrected chi connectivity index (χ2v) is 4.00. The Morgan fingerprint density at radius 1 is 1.33 bits per heavy atom. The lowest BCUT2D eigenvalue weighted by molar-refractivity contribution is -0.0446. The van der Waals surface area contributed by atoms with Crippen LogP contribution in [-0.4, -0.2) is 21.5 Å². The maximum Gasteiger partial charge on any atom is 0.151 e. The van der Waals surface area contributed by atoms with E-state index >= 15 is 0 Å². The van der Waals surface area contributed by atoms with Crippen LogP contribution < -0.4 is 5.73 Å². The number of aliphatic hydroxyl groups is 2. The zero-order chi connectivity index (χ0) is 13.1. The van der Waals surface area contributed by atoms with Gasteiger partial charge in [0.15, 0.2) is 6.29 Å². The van der Waals surface area contributed by atoms with Crippen LogP contribution in [0.4, 0.5) is 5.82 Å². The summed E-state index contributed by atoms with van der Waals surface area (Å²) in [5.41, 5.74) is 7.48. The number of benzene rings is 1. The van der Waals surface area contributed by atoms with Gasteiger partial charge >= 0.3 is 0 Å². The van der Waals surface area contributed by atoms with E-state index in [4.69, 9.17) is 21.2 Å². The van der Waals surface area contributed by atoms with Gasteiger partial charge in [-0.05, 0) is 18.1 Å². The number of para-hydroxylation sites is 1. The molecule has 0 radical (unpaired) electrons.